The Morgan fingerprint density at radius 1 is 1.37 bits per heavy atom. The summed E-state index contributed by atoms with van der Waals surface area (Å²) < 4.78 is 0. The molecule has 0 aliphatic heterocycles. The highest BCUT2D eigenvalue weighted by Gasteiger charge is 2.42. The van der Waals surface area contributed by atoms with Crippen molar-refractivity contribution in [3.8, 4) is 6.07 Å². The third-order valence-electron chi connectivity index (χ3n) is 3.90. The minimum absolute atomic E-state index is 0.230. The molecule has 0 aromatic carbocycles. The lowest BCUT2D eigenvalue weighted by atomic mass is 9.93. The molecule has 19 heavy (non-hydrogen) atoms. The van der Waals surface area contributed by atoms with Crippen molar-refractivity contribution in [2.75, 3.05) is 6.54 Å². The highest BCUT2D eigenvalue weighted by atomic mass is 16.4. The number of hydrogen-bond acceptors (Lipinski definition) is 3. The van der Waals surface area contributed by atoms with Crippen molar-refractivity contribution in [2.45, 2.75) is 40.0 Å². The molecule has 0 radical (unpaired) electrons. The van der Waals surface area contributed by atoms with E-state index in [2.05, 4.69) is 11.4 Å². The van der Waals surface area contributed by atoms with Gasteiger partial charge in [-0.05, 0) is 32.6 Å². The molecule has 1 fully saturated rings. The lowest BCUT2D eigenvalue weighted by molar-refractivity contribution is -0.146. The molecule has 3 unspecified atom stereocenters. The second-order valence-electron chi connectivity index (χ2n) is 6.01. The number of carbonyl (C=O) groups excluding carboxylic acids is 1. The third-order valence-corrected chi connectivity index (χ3v) is 3.90. The van der Waals surface area contributed by atoms with Crippen molar-refractivity contribution in [3.05, 3.63) is 0 Å². The molecule has 0 saturated heterocycles. The molecule has 1 saturated carbocycles. The SMILES string of the molecule is CCC1CC(C(=O)O)C(C(=O)NCC(C)(C)C#N)C1. The number of carboxylic acids is 1. The van der Waals surface area contributed by atoms with Gasteiger partial charge in [0, 0.05) is 6.54 Å². The molecule has 1 amide bonds. The summed E-state index contributed by atoms with van der Waals surface area (Å²) in [4.78, 5) is 23.3. The van der Waals surface area contributed by atoms with Crippen LogP contribution in [0.25, 0.3) is 0 Å². The number of nitrogens with one attached hydrogen (secondary N) is 1. The van der Waals surface area contributed by atoms with E-state index >= 15 is 0 Å². The quantitative estimate of drug-likeness (QED) is 0.793. The standard InChI is InChI=1S/C14H22N2O3/c1-4-9-5-10(11(6-9)13(18)19)12(17)16-8-14(2,3)7-15/h9-11H,4-6,8H2,1-3H3,(H,16,17)(H,18,19). The Labute approximate surface area is 114 Å². The molecular weight excluding hydrogens is 244 g/mol. The van der Waals surface area contributed by atoms with Crippen LogP contribution in [-0.4, -0.2) is 23.5 Å². The molecule has 0 bridgehead atoms. The predicted octanol–water partition coefficient (Wildman–Crippen LogP) is 1.79. The van der Waals surface area contributed by atoms with Gasteiger partial charge < -0.3 is 10.4 Å². The molecular formula is C14H22N2O3. The lowest BCUT2D eigenvalue weighted by Gasteiger charge is -2.20. The summed E-state index contributed by atoms with van der Waals surface area (Å²) in [5, 5.41) is 20.8. The first-order chi connectivity index (χ1) is 8.80. The highest BCUT2D eigenvalue weighted by molar-refractivity contribution is 5.85. The summed E-state index contributed by atoms with van der Waals surface area (Å²) in [6.07, 6.45) is 2.11. The summed E-state index contributed by atoms with van der Waals surface area (Å²) in [5.41, 5.74) is -0.628. The molecule has 1 aliphatic carbocycles. The fraction of sp³-hybridized carbons (Fsp3) is 0.786. The fourth-order valence-corrected chi connectivity index (χ4v) is 2.52. The lowest BCUT2D eigenvalue weighted by Crippen LogP contribution is -2.39. The minimum atomic E-state index is -0.893. The molecule has 3 atom stereocenters. The monoisotopic (exact) mass is 266 g/mol. The Balaban J connectivity index is 2.65. The second-order valence-corrected chi connectivity index (χ2v) is 6.01. The Morgan fingerprint density at radius 2 is 1.95 bits per heavy atom. The van der Waals surface area contributed by atoms with Crippen molar-refractivity contribution >= 4 is 11.9 Å². The van der Waals surface area contributed by atoms with Gasteiger partial charge in [0.2, 0.25) is 5.91 Å². The van der Waals surface area contributed by atoms with Gasteiger partial charge in [0.05, 0.1) is 23.3 Å². The van der Waals surface area contributed by atoms with Crippen LogP contribution in [-0.2, 0) is 9.59 Å². The summed E-state index contributed by atoms with van der Waals surface area (Å²) >= 11 is 0. The summed E-state index contributed by atoms with van der Waals surface area (Å²) in [6, 6.07) is 2.11. The van der Waals surface area contributed by atoms with Gasteiger partial charge in [-0.25, -0.2) is 0 Å². The van der Waals surface area contributed by atoms with Gasteiger partial charge in [0.25, 0.3) is 0 Å². The zero-order valence-corrected chi connectivity index (χ0v) is 11.8. The maximum atomic E-state index is 12.1. The van der Waals surface area contributed by atoms with Crippen LogP contribution in [0.1, 0.15) is 40.0 Å². The summed E-state index contributed by atoms with van der Waals surface area (Å²) in [6.45, 7) is 5.75. The van der Waals surface area contributed by atoms with Gasteiger partial charge in [0.15, 0.2) is 0 Å². The molecule has 0 heterocycles. The van der Waals surface area contributed by atoms with Crippen LogP contribution in [0.2, 0.25) is 0 Å². The van der Waals surface area contributed by atoms with Gasteiger partial charge in [-0.3, -0.25) is 9.59 Å². The average Bonchev–Trinajstić information content (AvgIpc) is 2.80. The highest BCUT2D eigenvalue weighted by Crippen LogP contribution is 2.38. The zero-order valence-electron chi connectivity index (χ0n) is 11.8. The van der Waals surface area contributed by atoms with E-state index in [1.54, 1.807) is 13.8 Å². The van der Waals surface area contributed by atoms with Crippen molar-refractivity contribution in [3.63, 3.8) is 0 Å². The second kappa shape index (κ2) is 6.05. The largest absolute Gasteiger partial charge is 0.481 e. The van der Waals surface area contributed by atoms with E-state index in [1.165, 1.54) is 0 Å². The maximum absolute atomic E-state index is 12.1. The number of nitrogens with zero attached hydrogens (tertiary/aromatic N) is 1. The van der Waals surface area contributed by atoms with E-state index < -0.39 is 23.2 Å². The molecule has 5 nitrogen and oxygen atoms in total. The molecule has 1 aliphatic rings. The number of hydrogen-bond donors (Lipinski definition) is 2. The van der Waals surface area contributed by atoms with Gasteiger partial charge >= 0.3 is 5.97 Å². The summed E-state index contributed by atoms with van der Waals surface area (Å²) in [7, 11) is 0. The predicted molar refractivity (Wildman–Crippen MR) is 70.0 cm³/mol. The first kappa shape index (κ1) is 15.5. The number of nitriles is 1. The van der Waals surface area contributed by atoms with Crippen molar-refractivity contribution < 1.29 is 14.7 Å². The fourth-order valence-electron chi connectivity index (χ4n) is 2.52. The van der Waals surface area contributed by atoms with Crippen molar-refractivity contribution in [1.82, 2.24) is 5.32 Å². The van der Waals surface area contributed by atoms with Crippen LogP contribution >= 0.6 is 0 Å². The smallest absolute Gasteiger partial charge is 0.307 e. The Morgan fingerprint density at radius 3 is 2.42 bits per heavy atom. The minimum Gasteiger partial charge on any atom is -0.481 e. The first-order valence-corrected chi connectivity index (χ1v) is 6.72. The first-order valence-electron chi connectivity index (χ1n) is 6.72. The van der Waals surface area contributed by atoms with E-state index in [4.69, 9.17) is 5.26 Å². The van der Waals surface area contributed by atoms with E-state index in [0.717, 1.165) is 6.42 Å². The van der Waals surface area contributed by atoms with Crippen LogP contribution in [0.4, 0.5) is 0 Å². The summed E-state index contributed by atoms with van der Waals surface area (Å²) in [5.74, 6) is -1.87. The van der Waals surface area contributed by atoms with Gasteiger partial charge in [-0.1, -0.05) is 13.3 Å². The number of rotatable bonds is 5. The van der Waals surface area contributed by atoms with Crippen LogP contribution in [0.15, 0.2) is 0 Å². The zero-order chi connectivity index (χ0) is 14.6. The molecule has 0 aromatic heterocycles. The van der Waals surface area contributed by atoms with Crippen molar-refractivity contribution in [1.29, 1.82) is 5.26 Å². The number of carboxylic acid groups (broad SMARTS) is 1. The van der Waals surface area contributed by atoms with Gasteiger partial charge in [0.1, 0.15) is 0 Å². The molecule has 5 heteroatoms. The van der Waals surface area contributed by atoms with Gasteiger partial charge in [-0.15, -0.1) is 0 Å². The molecule has 2 N–H and O–H groups in total. The van der Waals surface area contributed by atoms with Gasteiger partial charge in [-0.2, -0.15) is 5.26 Å². The molecule has 0 aromatic rings. The van der Waals surface area contributed by atoms with E-state index in [0.29, 0.717) is 18.8 Å². The van der Waals surface area contributed by atoms with Crippen LogP contribution in [0, 0.1) is 34.5 Å². The topological polar surface area (TPSA) is 90.2 Å². The third kappa shape index (κ3) is 3.95. The Bertz CT molecular complexity index is 398. The normalized spacial score (nSPS) is 26.7. The van der Waals surface area contributed by atoms with Crippen LogP contribution < -0.4 is 5.32 Å². The molecule has 0 spiro atoms. The number of amides is 1. The van der Waals surface area contributed by atoms with E-state index in [-0.39, 0.29) is 12.5 Å². The van der Waals surface area contributed by atoms with E-state index in [1.807, 2.05) is 6.92 Å². The maximum Gasteiger partial charge on any atom is 0.307 e. The molecule has 1 rings (SSSR count). The van der Waals surface area contributed by atoms with Crippen LogP contribution in [0.3, 0.4) is 0 Å². The Hall–Kier alpha value is -1.57. The molecule has 106 valence electrons. The number of aliphatic carboxylic acids is 1. The van der Waals surface area contributed by atoms with Crippen molar-refractivity contribution in [2.24, 2.45) is 23.2 Å². The number of carbonyl (C=O) groups is 2. The Kier molecular flexibility index (Phi) is 4.93. The van der Waals surface area contributed by atoms with Crippen LogP contribution in [0.5, 0.6) is 0 Å². The average molecular weight is 266 g/mol. The van der Waals surface area contributed by atoms with E-state index in [9.17, 15) is 14.7 Å².